The zero-order valence-electron chi connectivity index (χ0n) is 15.8. The normalized spacial score (nSPS) is 10.1. The molecular formula is C20H21N3O6. The molecule has 0 spiro atoms. The molecule has 0 aliphatic carbocycles. The van der Waals surface area contributed by atoms with Gasteiger partial charge in [-0.1, -0.05) is 36.4 Å². The van der Waals surface area contributed by atoms with Crippen molar-refractivity contribution >= 4 is 29.2 Å². The van der Waals surface area contributed by atoms with Crippen LogP contribution in [0.3, 0.4) is 0 Å². The molecule has 0 saturated carbocycles. The number of benzene rings is 2. The molecule has 2 amide bonds. The van der Waals surface area contributed by atoms with Gasteiger partial charge in [-0.2, -0.15) is 0 Å². The van der Waals surface area contributed by atoms with Crippen LogP contribution in [0, 0.1) is 17.0 Å². The van der Waals surface area contributed by atoms with Crippen molar-refractivity contribution in [2.24, 2.45) is 0 Å². The number of anilines is 1. The average Bonchev–Trinajstić information content (AvgIpc) is 2.68. The van der Waals surface area contributed by atoms with E-state index >= 15 is 0 Å². The average molecular weight is 399 g/mol. The van der Waals surface area contributed by atoms with Crippen molar-refractivity contribution in [1.29, 1.82) is 0 Å². The summed E-state index contributed by atoms with van der Waals surface area (Å²) in [6, 6.07) is 13.4. The van der Waals surface area contributed by atoms with Crippen molar-refractivity contribution in [3.05, 3.63) is 69.8 Å². The fourth-order valence-electron chi connectivity index (χ4n) is 2.45. The molecule has 9 heteroatoms. The molecule has 0 bridgehead atoms. The van der Waals surface area contributed by atoms with Gasteiger partial charge in [0, 0.05) is 23.9 Å². The van der Waals surface area contributed by atoms with Crippen LogP contribution in [0.1, 0.15) is 17.5 Å². The van der Waals surface area contributed by atoms with Gasteiger partial charge in [-0.15, -0.1) is 0 Å². The van der Waals surface area contributed by atoms with Crippen LogP contribution in [0.15, 0.2) is 48.5 Å². The van der Waals surface area contributed by atoms with Gasteiger partial charge < -0.3 is 15.4 Å². The molecule has 2 N–H and O–H groups in total. The van der Waals surface area contributed by atoms with Crippen LogP contribution >= 0.6 is 0 Å². The zero-order valence-corrected chi connectivity index (χ0v) is 15.8. The number of rotatable bonds is 9. The SMILES string of the molecule is Cc1ccc(NC(=O)COC(=O)CCNC(=O)Cc2ccccc2)cc1[N+](=O)[O-]. The summed E-state index contributed by atoms with van der Waals surface area (Å²) in [4.78, 5) is 45.7. The van der Waals surface area contributed by atoms with E-state index in [1.54, 1.807) is 6.92 Å². The number of nitro groups is 1. The second-order valence-corrected chi connectivity index (χ2v) is 6.23. The lowest BCUT2D eigenvalue weighted by atomic mass is 10.1. The molecule has 0 aliphatic heterocycles. The van der Waals surface area contributed by atoms with E-state index in [0.717, 1.165) is 5.56 Å². The van der Waals surface area contributed by atoms with Gasteiger partial charge in [-0.3, -0.25) is 24.5 Å². The standard InChI is InChI=1S/C20H21N3O6/c1-14-7-8-16(12-17(14)23(27)28)22-19(25)13-29-20(26)9-10-21-18(24)11-15-5-3-2-4-6-15/h2-8,12H,9-11,13H2,1H3,(H,21,24)(H,22,25). The van der Waals surface area contributed by atoms with Gasteiger partial charge in [-0.25, -0.2) is 0 Å². The van der Waals surface area contributed by atoms with E-state index in [4.69, 9.17) is 4.74 Å². The van der Waals surface area contributed by atoms with Crippen molar-refractivity contribution in [2.75, 3.05) is 18.5 Å². The van der Waals surface area contributed by atoms with Crippen molar-refractivity contribution in [3.63, 3.8) is 0 Å². The summed E-state index contributed by atoms with van der Waals surface area (Å²) in [5.74, 6) is -1.48. The summed E-state index contributed by atoms with van der Waals surface area (Å²) < 4.78 is 4.84. The lowest BCUT2D eigenvalue weighted by Gasteiger charge is -2.08. The predicted octanol–water partition coefficient (Wildman–Crippen LogP) is 2.13. The molecule has 0 fully saturated rings. The molecule has 9 nitrogen and oxygen atoms in total. The highest BCUT2D eigenvalue weighted by Crippen LogP contribution is 2.22. The number of nitro benzene ring substituents is 1. The number of nitrogens with one attached hydrogen (secondary N) is 2. The Labute approximate surface area is 167 Å². The molecule has 0 atom stereocenters. The second kappa shape index (κ2) is 10.5. The third kappa shape index (κ3) is 7.41. The first-order valence-corrected chi connectivity index (χ1v) is 8.86. The summed E-state index contributed by atoms with van der Waals surface area (Å²) >= 11 is 0. The summed E-state index contributed by atoms with van der Waals surface area (Å²) in [7, 11) is 0. The Balaban J connectivity index is 1.68. The number of ether oxygens (including phenoxy) is 1. The highest BCUT2D eigenvalue weighted by molar-refractivity contribution is 5.93. The maximum absolute atomic E-state index is 11.8. The van der Waals surface area contributed by atoms with E-state index in [1.165, 1.54) is 18.2 Å². The number of carbonyl (C=O) groups is 3. The summed E-state index contributed by atoms with van der Waals surface area (Å²) in [6.07, 6.45) is 0.130. The highest BCUT2D eigenvalue weighted by Gasteiger charge is 2.13. The molecule has 0 radical (unpaired) electrons. The smallest absolute Gasteiger partial charge is 0.308 e. The minimum Gasteiger partial charge on any atom is -0.456 e. The van der Waals surface area contributed by atoms with Crippen molar-refractivity contribution < 1.29 is 24.0 Å². The van der Waals surface area contributed by atoms with Crippen molar-refractivity contribution in [2.45, 2.75) is 19.8 Å². The van der Waals surface area contributed by atoms with Gasteiger partial charge in [0.15, 0.2) is 6.61 Å². The molecule has 2 rings (SSSR count). The third-order valence-electron chi connectivity index (χ3n) is 3.91. The van der Waals surface area contributed by atoms with Crippen LogP contribution in [0.2, 0.25) is 0 Å². The number of nitrogens with zero attached hydrogens (tertiary/aromatic N) is 1. The minimum absolute atomic E-state index is 0.0796. The highest BCUT2D eigenvalue weighted by atomic mass is 16.6. The topological polar surface area (TPSA) is 128 Å². The first-order chi connectivity index (χ1) is 13.8. The Bertz CT molecular complexity index is 898. The molecule has 0 aromatic heterocycles. The van der Waals surface area contributed by atoms with E-state index in [0.29, 0.717) is 5.56 Å². The van der Waals surface area contributed by atoms with Gasteiger partial charge in [0.05, 0.1) is 17.8 Å². The van der Waals surface area contributed by atoms with E-state index < -0.39 is 23.4 Å². The fraction of sp³-hybridized carbons (Fsp3) is 0.250. The molecule has 0 aliphatic rings. The van der Waals surface area contributed by atoms with Gasteiger partial charge in [-0.05, 0) is 18.6 Å². The number of amides is 2. The lowest BCUT2D eigenvalue weighted by molar-refractivity contribution is -0.385. The Kier molecular flexibility index (Phi) is 7.84. The number of esters is 1. The van der Waals surface area contributed by atoms with Crippen LogP contribution in [0.5, 0.6) is 0 Å². The zero-order chi connectivity index (χ0) is 21.2. The maximum atomic E-state index is 11.8. The molecule has 2 aromatic rings. The molecule has 2 aromatic carbocycles. The van der Waals surface area contributed by atoms with E-state index in [-0.39, 0.29) is 36.7 Å². The largest absolute Gasteiger partial charge is 0.456 e. The van der Waals surface area contributed by atoms with Crippen LogP contribution in [-0.2, 0) is 25.5 Å². The van der Waals surface area contributed by atoms with Crippen LogP contribution in [0.25, 0.3) is 0 Å². The van der Waals surface area contributed by atoms with Gasteiger partial charge in [0.25, 0.3) is 11.6 Å². The summed E-state index contributed by atoms with van der Waals surface area (Å²) in [6.45, 7) is 1.15. The van der Waals surface area contributed by atoms with Crippen LogP contribution in [-0.4, -0.2) is 35.9 Å². The Morgan fingerprint density at radius 2 is 1.79 bits per heavy atom. The Morgan fingerprint density at radius 3 is 2.48 bits per heavy atom. The first kappa shape index (κ1) is 21.5. The molecular weight excluding hydrogens is 378 g/mol. The second-order valence-electron chi connectivity index (χ2n) is 6.23. The lowest BCUT2D eigenvalue weighted by Crippen LogP contribution is -2.28. The summed E-state index contributed by atoms with van der Waals surface area (Å²) in [5, 5.41) is 16.0. The number of carbonyl (C=O) groups excluding carboxylic acids is 3. The van der Waals surface area contributed by atoms with E-state index in [1.807, 2.05) is 30.3 Å². The quantitative estimate of drug-likeness (QED) is 0.378. The summed E-state index contributed by atoms with van der Waals surface area (Å²) in [5.41, 5.74) is 1.44. The van der Waals surface area contributed by atoms with E-state index in [2.05, 4.69) is 10.6 Å². The van der Waals surface area contributed by atoms with Crippen LogP contribution in [0.4, 0.5) is 11.4 Å². The molecule has 0 heterocycles. The third-order valence-corrected chi connectivity index (χ3v) is 3.91. The van der Waals surface area contributed by atoms with Gasteiger partial charge in [0.2, 0.25) is 5.91 Å². The number of aryl methyl sites for hydroxylation is 1. The monoisotopic (exact) mass is 399 g/mol. The van der Waals surface area contributed by atoms with Crippen molar-refractivity contribution in [3.8, 4) is 0 Å². The van der Waals surface area contributed by atoms with E-state index in [9.17, 15) is 24.5 Å². The first-order valence-electron chi connectivity index (χ1n) is 8.86. The Morgan fingerprint density at radius 1 is 1.07 bits per heavy atom. The number of hydrogen-bond donors (Lipinski definition) is 2. The minimum atomic E-state index is -0.643. The van der Waals surface area contributed by atoms with Crippen molar-refractivity contribution in [1.82, 2.24) is 5.32 Å². The fourth-order valence-corrected chi connectivity index (χ4v) is 2.45. The van der Waals surface area contributed by atoms with Gasteiger partial charge in [0.1, 0.15) is 0 Å². The van der Waals surface area contributed by atoms with Crippen LogP contribution < -0.4 is 10.6 Å². The molecule has 152 valence electrons. The molecule has 29 heavy (non-hydrogen) atoms. The maximum Gasteiger partial charge on any atom is 0.308 e. The van der Waals surface area contributed by atoms with Gasteiger partial charge >= 0.3 is 5.97 Å². The number of hydrogen-bond acceptors (Lipinski definition) is 6. The predicted molar refractivity (Wildman–Crippen MR) is 105 cm³/mol. The molecule has 0 unspecified atom stereocenters. The molecule has 0 saturated heterocycles. The Hall–Kier alpha value is -3.75.